The third kappa shape index (κ3) is 4.73. The Morgan fingerprint density at radius 2 is 1.71 bits per heavy atom. The van der Waals surface area contributed by atoms with Gasteiger partial charge >= 0.3 is 0 Å². The number of rotatable bonds is 7. The number of methoxy groups -OCH3 is 1. The molecule has 35 heavy (non-hydrogen) atoms. The molecule has 4 rings (SSSR count). The number of amides is 3. The SMILES string of the molecule is CCN(C(=O)c1cccc(NC2=C(Cl)C(=O)N(c3cc(Cl)ccc3OC)C2=O)c1)c1ccccc1. The maximum absolute atomic E-state index is 13.2. The van der Waals surface area contributed by atoms with Gasteiger partial charge in [-0.2, -0.15) is 0 Å². The van der Waals surface area contributed by atoms with Crippen LogP contribution in [-0.2, 0) is 9.59 Å². The molecule has 0 atom stereocenters. The third-order valence-corrected chi connectivity index (χ3v) is 6.00. The molecule has 0 fully saturated rings. The number of nitrogens with zero attached hydrogens (tertiary/aromatic N) is 2. The molecule has 1 N–H and O–H groups in total. The van der Waals surface area contributed by atoms with Gasteiger partial charge in [0.1, 0.15) is 16.5 Å². The first-order valence-electron chi connectivity index (χ1n) is 10.7. The molecule has 0 radical (unpaired) electrons. The Morgan fingerprint density at radius 1 is 0.971 bits per heavy atom. The van der Waals surface area contributed by atoms with Gasteiger partial charge in [-0.3, -0.25) is 14.4 Å². The molecule has 1 aliphatic rings. The van der Waals surface area contributed by atoms with Crippen LogP contribution in [0.4, 0.5) is 17.1 Å². The first-order valence-corrected chi connectivity index (χ1v) is 11.5. The van der Waals surface area contributed by atoms with Gasteiger partial charge < -0.3 is 15.0 Å². The lowest BCUT2D eigenvalue weighted by Gasteiger charge is -2.21. The van der Waals surface area contributed by atoms with Gasteiger partial charge in [-0.1, -0.05) is 47.5 Å². The lowest BCUT2D eigenvalue weighted by atomic mass is 10.1. The largest absolute Gasteiger partial charge is 0.495 e. The Kier molecular flexibility index (Phi) is 7.10. The second kappa shape index (κ2) is 10.2. The highest BCUT2D eigenvalue weighted by Gasteiger charge is 2.40. The highest BCUT2D eigenvalue weighted by atomic mass is 35.5. The normalized spacial score (nSPS) is 13.3. The minimum atomic E-state index is -0.715. The van der Waals surface area contributed by atoms with Crippen molar-refractivity contribution in [1.29, 1.82) is 0 Å². The zero-order chi connectivity index (χ0) is 25.1. The summed E-state index contributed by atoms with van der Waals surface area (Å²) < 4.78 is 5.28. The van der Waals surface area contributed by atoms with Crippen molar-refractivity contribution in [2.75, 3.05) is 28.8 Å². The average molecular weight is 510 g/mol. The van der Waals surface area contributed by atoms with E-state index in [0.717, 1.165) is 10.6 Å². The van der Waals surface area contributed by atoms with Crippen molar-refractivity contribution in [1.82, 2.24) is 0 Å². The van der Waals surface area contributed by atoms with Gasteiger partial charge in [0, 0.05) is 28.5 Å². The number of benzene rings is 3. The van der Waals surface area contributed by atoms with Crippen LogP contribution in [0.25, 0.3) is 0 Å². The van der Waals surface area contributed by atoms with Gasteiger partial charge in [0.05, 0.1) is 12.8 Å². The fourth-order valence-corrected chi connectivity index (χ4v) is 4.13. The van der Waals surface area contributed by atoms with Gasteiger partial charge in [0.2, 0.25) is 0 Å². The van der Waals surface area contributed by atoms with Crippen molar-refractivity contribution in [3.63, 3.8) is 0 Å². The predicted molar refractivity (Wildman–Crippen MR) is 137 cm³/mol. The molecule has 9 heteroatoms. The molecule has 0 aliphatic carbocycles. The highest BCUT2D eigenvalue weighted by molar-refractivity contribution is 6.53. The number of carbonyl (C=O) groups is 3. The first kappa shape index (κ1) is 24.3. The van der Waals surface area contributed by atoms with Crippen LogP contribution in [0.3, 0.4) is 0 Å². The molecule has 0 saturated carbocycles. The van der Waals surface area contributed by atoms with E-state index in [1.807, 2.05) is 37.3 Å². The van der Waals surface area contributed by atoms with E-state index in [4.69, 9.17) is 27.9 Å². The van der Waals surface area contributed by atoms with E-state index in [1.165, 1.54) is 13.2 Å². The van der Waals surface area contributed by atoms with E-state index < -0.39 is 11.8 Å². The van der Waals surface area contributed by atoms with Gasteiger partial charge in [0.25, 0.3) is 17.7 Å². The van der Waals surface area contributed by atoms with Gasteiger partial charge in [0.15, 0.2) is 0 Å². The quantitative estimate of drug-likeness (QED) is 0.428. The zero-order valence-electron chi connectivity index (χ0n) is 18.9. The van der Waals surface area contributed by atoms with E-state index in [2.05, 4.69) is 5.32 Å². The molecule has 1 heterocycles. The standard InChI is InChI=1S/C26H21Cl2N3O4/c1-3-30(19-10-5-4-6-11-19)24(32)16-8-7-9-18(14-16)29-23-22(28)25(33)31(26(23)34)20-15-17(27)12-13-21(20)35-2/h4-15,29H,3H2,1-2H3. The van der Waals surface area contributed by atoms with Crippen LogP contribution in [0.1, 0.15) is 17.3 Å². The van der Waals surface area contributed by atoms with Crippen molar-refractivity contribution in [3.05, 3.63) is 94.1 Å². The lowest BCUT2D eigenvalue weighted by Crippen LogP contribution is -2.32. The summed E-state index contributed by atoms with van der Waals surface area (Å²) in [6, 6.07) is 20.5. The van der Waals surface area contributed by atoms with E-state index in [0.29, 0.717) is 22.8 Å². The van der Waals surface area contributed by atoms with Crippen molar-refractivity contribution < 1.29 is 19.1 Å². The number of halogens is 2. The van der Waals surface area contributed by atoms with Crippen LogP contribution in [-0.4, -0.2) is 31.4 Å². The first-order chi connectivity index (χ1) is 16.8. The lowest BCUT2D eigenvalue weighted by molar-refractivity contribution is -0.120. The van der Waals surface area contributed by atoms with Crippen LogP contribution in [0.5, 0.6) is 5.75 Å². The van der Waals surface area contributed by atoms with Crippen molar-refractivity contribution in [2.45, 2.75) is 6.92 Å². The van der Waals surface area contributed by atoms with E-state index in [9.17, 15) is 14.4 Å². The van der Waals surface area contributed by atoms with Gasteiger partial charge in [-0.05, 0) is 55.5 Å². The highest BCUT2D eigenvalue weighted by Crippen LogP contribution is 2.37. The minimum absolute atomic E-state index is 0.112. The molecule has 0 unspecified atom stereocenters. The van der Waals surface area contributed by atoms with Crippen LogP contribution in [0, 0.1) is 0 Å². The number of nitrogens with one attached hydrogen (secondary N) is 1. The topological polar surface area (TPSA) is 79.0 Å². The molecule has 178 valence electrons. The minimum Gasteiger partial charge on any atom is -0.495 e. The molecule has 0 saturated heterocycles. The van der Waals surface area contributed by atoms with Crippen LogP contribution >= 0.6 is 23.2 Å². The number of imide groups is 1. The zero-order valence-corrected chi connectivity index (χ0v) is 20.4. The number of para-hydroxylation sites is 1. The molecule has 0 aromatic heterocycles. The van der Waals surface area contributed by atoms with Gasteiger partial charge in [-0.15, -0.1) is 0 Å². The van der Waals surface area contributed by atoms with Crippen LogP contribution in [0.15, 0.2) is 83.5 Å². The van der Waals surface area contributed by atoms with Crippen molar-refractivity contribution in [3.8, 4) is 5.75 Å². The maximum Gasteiger partial charge on any atom is 0.283 e. The number of hydrogen-bond acceptors (Lipinski definition) is 5. The summed E-state index contributed by atoms with van der Waals surface area (Å²) in [6.07, 6.45) is 0. The van der Waals surface area contributed by atoms with Crippen LogP contribution in [0.2, 0.25) is 5.02 Å². The van der Waals surface area contributed by atoms with Crippen LogP contribution < -0.4 is 19.9 Å². The monoisotopic (exact) mass is 509 g/mol. The molecule has 3 aromatic rings. The molecule has 0 bridgehead atoms. The number of carbonyl (C=O) groups excluding carboxylic acids is 3. The van der Waals surface area contributed by atoms with Crippen molar-refractivity contribution in [2.24, 2.45) is 0 Å². The smallest absolute Gasteiger partial charge is 0.283 e. The summed E-state index contributed by atoms with van der Waals surface area (Å²) in [6.45, 7) is 2.36. The molecule has 7 nitrogen and oxygen atoms in total. The number of anilines is 3. The second-order valence-corrected chi connectivity index (χ2v) is 8.36. The molecule has 0 spiro atoms. The molecular formula is C26H21Cl2N3O4. The van der Waals surface area contributed by atoms with E-state index >= 15 is 0 Å². The fraction of sp³-hybridized carbons (Fsp3) is 0.115. The molecule has 3 aromatic carbocycles. The Balaban J connectivity index is 1.61. The summed E-state index contributed by atoms with van der Waals surface area (Å²) in [4.78, 5) is 41.8. The Morgan fingerprint density at radius 3 is 2.40 bits per heavy atom. The molecule has 3 amide bonds. The summed E-state index contributed by atoms with van der Waals surface area (Å²) in [5.41, 5.74) is 1.66. The summed E-state index contributed by atoms with van der Waals surface area (Å²) in [5.74, 6) is -1.30. The second-order valence-electron chi connectivity index (χ2n) is 7.54. The molecular weight excluding hydrogens is 489 g/mol. The number of hydrogen-bond donors (Lipinski definition) is 1. The average Bonchev–Trinajstić information content (AvgIpc) is 3.08. The predicted octanol–water partition coefficient (Wildman–Crippen LogP) is 5.45. The van der Waals surface area contributed by atoms with E-state index in [-0.39, 0.29) is 28.1 Å². The summed E-state index contributed by atoms with van der Waals surface area (Å²) >= 11 is 12.3. The fourth-order valence-electron chi connectivity index (χ4n) is 3.75. The Labute approximate surface area is 212 Å². The molecule has 1 aliphatic heterocycles. The number of ether oxygens (including phenoxy) is 1. The summed E-state index contributed by atoms with van der Waals surface area (Å²) in [5, 5.41) is 2.94. The Bertz CT molecular complexity index is 1340. The third-order valence-electron chi connectivity index (χ3n) is 5.42. The maximum atomic E-state index is 13.2. The Hall–Kier alpha value is -3.81. The van der Waals surface area contributed by atoms with Gasteiger partial charge in [-0.25, -0.2) is 4.90 Å². The van der Waals surface area contributed by atoms with E-state index in [1.54, 1.807) is 41.3 Å². The summed E-state index contributed by atoms with van der Waals surface area (Å²) in [7, 11) is 1.42. The van der Waals surface area contributed by atoms with Crippen molar-refractivity contribution >= 4 is 58.0 Å².